The topological polar surface area (TPSA) is 55.5 Å². The molecule has 1 aromatic heterocycles. The molecule has 2 aromatic carbocycles. The van der Waals surface area contributed by atoms with Gasteiger partial charge in [0.2, 0.25) is 5.75 Å². The van der Waals surface area contributed by atoms with Crippen LogP contribution in [0.4, 0.5) is 4.39 Å². The summed E-state index contributed by atoms with van der Waals surface area (Å²) in [5.41, 5.74) is 2.90. The van der Waals surface area contributed by atoms with Crippen molar-refractivity contribution in [3.05, 3.63) is 53.5 Å². The Hall–Kier alpha value is -2.73. The van der Waals surface area contributed by atoms with E-state index in [1.54, 1.807) is 27.4 Å². The lowest BCUT2D eigenvalue weighted by atomic mass is 10.1. The third-order valence-corrected chi connectivity index (χ3v) is 4.10. The molecule has 0 atom stereocenters. The molecule has 25 heavy (non-hydrogen) atoms. The third kappa shape index (κ3) is 3.53. The normalized spacial score (nSPS) is 10.9. The SMILES string of the molecule is COc1cc(CNCc2c[nH]c3cc(F)ccc23)cc(OC)c1OC. The van der Waals surface area contributed by atoms with Gasteiger partial charge in [0.25, 0.3) is 0 Å². The summed E-state index contributed by atoms with van der Waals surface area (Å²) in [5.74, 6) is 1.58. The van der Waals surface area contributed by atoms with Gasteiger partial charge < -0.3 is 24.5 Å². The maximum Gasteiger partial charge on any atom is 0.203 e. The van der Waals surface area contributed by atoms with E-state index >= 15 is 0 Å². The average Bonchev–Trinajstić information content (AvgIpc) is 3.02. The van der Waals surface area contributed by atoms with Crippen LogP contribution in [0.15, 0.2) is 36.5 Å². The highest BCUT2D eigenvalue weighted by Gasteiger charge is 2.13. The Morgan fingerprint density at radius 3 is 2.32 bits per heavy atom. The summed E-state index contributed by atoms with van der Waals surface area (Å²) in [5, 5.41) is 4.40. The van der Waals surface area contributed by atoms with Gasteiger partial charge in [-0.05, 0) is 41.5 Å². The first-order valence-electron chi connectivity index (χ1n) is 7.91. The number of nitrogens with one attached hydrogen (secondary N) is 2. The lowest BCUT2D eigenvalue weighted by molar-refractivity contribution is 0.323. The van der Waals surface area contributed by atoms with Crippen molar-refractivity contribution in [2.75, 3.05) is 21.3 Å². The van der Waals surface area contributed by atoms with Crippen molar-refractivity contribution >= 4 is 10.9 Å². The first kappa shape index (κ1) is 17.1. The molecule has 0 unspecified atom stereocenters. The second-order valence-electron chi connectivity index (χ2n) is 5.64. The first-order valence-corrected chi connectivity index (χ1v) is 7.91. The molecule has 6 heteroatoms. The summed E-state index contributed by atoms with van der Waals surface area (Å²) in [6.07, 6.45) is 1.90. The molecule has 3 rings (SSSR count). The Balaban J connectivity index is 1.73. The molecule has 132 valence electrons. The van der Waals surface area contributed by atoms with Gasteiger partial charge in [-0.25, -0.2) is 4.39 Å². The molecular formula is C19H21FN2O3. The quantitative estimate of drug-likeness (QED) is 0.687. The van der Waals surface area contributed by atoms with Gasteiger partial charge in [0.1, 0.15) is 5.82 Å². The second kappa shape index (κ2) is 7.44. The predicted octanol–water partition coefficient (Wildman–Crippen LogP) is 3.62. The number of aromatic nitrogens is 1. The largest absolute Gasteiger partial charge is 0.493 e. The van der Waals surface area contributed by atoms with Crippen LogP contribution in [0.5, 0.6) is 17.2 Å². The van der Waals surface area contributed by atoms with Crippen LogP contribution in [0.2, 0.25) is 0 Å². The minimum Gasteiger partial charge on any atom is -0.493 e. The van der Waals surface area contributed by atoms with E-state index < -0.39 is 0 Å². The van der Waals surface area contributed by atoms with E-state index in [4.69, 9.17) is 14.2 Å². The molecule has 2 N–H and O–H groups in total. The molecule has 1 heterocycles. The van der Waals surface area contributed by atoms with E-state index in [2.05, 4.69) is 10.3 Å². The number of methoxy groups -OCH3 is 3. The van der Waals surface area contributed by atoms with Crippen LogP contribution in [0, 0.1) is 5.82 Å². The van der Waals surface area contributed by atoms with Crippen LogP contribution >= 0.6 is 0 Å². The monoisotopic (exact) mass is 344 g/mol. The van der Waals surface area contributed by atoms with E-state index in [1.165, 1.54) is 12.1 Å². The van der Waals surface area contributed by atoms with Crippen LogP contribution in [0.1, 0.15) is 11.1 Å². The molecule has 0 aliphatic carbocycles. The van der Waals surface area contributed by atoms with Gasteiger partial charge in [-0.15, -0.1) is 0 Å². The third-order valence-electron chi connectivity index (χ3n) is 4.10. The van der Waals surface area contributed by atoms with Gasteiger partial charge in [0, 0.05) is 30.2 Å². The van der Waals surface area contributed by atoms with Crippen molar-refractivity contribution in [1.82, 2.24) is 10.3 Å². The summed E-state index contributed by atoms with van der Waals surface area (Å²) < 4.78 is 29.3. The smallest absolute Gasteiger partial charge is 0.203 e. The number of hydrogen-bond donors (Lipinski definition) is 2. The molecule has 0 bridgehead atoms. The zero-order valence-corrected chi connectivity index (χ0v) is 14.5. The number of ether oxygens (including phenoxy) is 3. The lowest BCUT2D eigenvalue weighted by Crippen LogP contribution is -2.12. The number of rotatable bonds is 7. The number of benzene rings is 2. The fourth-order valence-electron chi connectivity index (χ4n) is 2.88. The molecular weight excluding hydrogens is 323 g/mol. The number of aromatic amines is 1. The number of fused-ring (bicyclic) bond motifs is 1. The van der Waals surface area contributed by atoms with E-state index in [0.717, 1.165) is 22.0 Å². The zero-order valence-electron chi connectivity index (χ0n) is 14.5. The van der Waals surface area contributed by atoms with Gasteiger partial charge in [0.05, 0.1) is 21.3 Å². The average molecular weight is 344 g/mol. The Labute approximate surface area is 145 Å². The molecule has 0 saturated heterocycles. The summed E-state index contributed by atoms with van der Waals surface area (Å²) in [7, 11) is 4.78. The molecule has 0 fully saturated rings. The van der Waals surface area contributed by atoms with E-state index in [9.17, 15) is 4.39 Å². The fourth-order valence-corrected chi connectivity index (χ4v) is 2.88. The lowest BCUT2D eigenvalue weighted by Gasteiger charge is -2.14. The molecule has 0 spiro atoms. The van der Waals surface area contributed by atoms with Crippen LogP contribution in [0.25, 0.3) is 10.9 Å². The Morgan fingerprint density at radius 1 is 0.960 bits per heavy atom. The molecule has 5 nitrogen and oxygen atoms in total. The summed E-state index contributed by atoms with van der Waals surface area (Å²) in [6.45, 7) is 1.28. The molecule has 0 saturated carbocycles. The van der Waals surface area contributed by atoms with Crippen molar-refractivity contribution in [1.29, 1.82) is 0 Å². The van der Waals surface area contributed by atoms with Crippen molar-refractivity contribution < 1.29 is 18.6 Å². The number of H-pyrrole nitrogens is 1. The number of hydrogen-bond acceptors (Lipinski definition) is 4. The van der Waals surface area contributed by atoms with Crippen molar-refractivity contribution in [2.24, 2.45) is 0 Å². The van der Waals surface area contributed by atoms with Crippen LogP contribution < -0.4 is 19.5 Å². The van der Waals surface area contributed by atoms with Gasteiger partial charge >= 0.3 is 0 Å². The van der Waals surface area contributed by atoms with Crippen LogP contribution in [-0.4, -0.2) is 26.3 Å². The van der Waals surface area contributed by atoms with Crippen molar-refractivity contribution in [3.8, 4) is 17.2 Å². The van der Waals surface area contributed by atoms with E-state index in [-0.39, 0.29) is 5.82 Å². The number of halogens is 1. The highest BCUT2D eigenvalue weighted by Crippen LogP contribution is 2.38. The van der Waals surface area contributed by atoms with Crippen LogP contribution in [0.3, 0.4) is 0 Å². The Kier molecular flexibility index (Phi) is 5.09. The Bertz CT molecular complexity index is 851. The molecule has 0 aliphatic heterocycles. The fraction of sp³-hybridized carbons (Fsp3) is 0.263. The van der Waals surface area contributed by atoms with Gasteiger partial charge in [-0.1, -0.05) is 0 Å². The van der Waals surface area contributed by atoms with E-state index in [1.807, 2.05) is 18.3 Å². The second-order valence-corrected chi connectivity index (χ2v) is 5.64. The highest BCUT2D eigenvalue weighted by atomic mass is 19.1. The van der Waals surface area contributed by atoms with Gasteiger partial charge in [-0.2, -0.15) is 0 Å². The standard InChI is InChI=1S/C19H21FN2O3/c1-23-17-6-12(7-18(24-2)19(17)25-3)9-21-10-13-11-22-16-8-14(20)4-5-15(13)16/h4-8,11,21-22H,9-10H2,1-3H3. The van der Waals surface area contributed by atoms with Gasteiger partial charge in [-0.3, -0.25) is 0 Å². The minimum atomic E-state index is -0.244. The minimum absolute atomic E-state index is 0.244. The predicted molar refractivity (Wildman–Crippen MR) is 94.9 cm³/mol. The molecule has 0 radical (unpaired) electrons. The summed E-state index contributed by atoms with van der Waals surface area (Å²) in [4.78, 5) is 3.09. The van der Waals surface area contributed by atoms with E-state index in [0.29, 0.717) is 30.3 Å². The van der Waals surface area contributed by atoms with Crippen molar-refractivity contribution in [2.45, 2.75) is 13.1 Å². The van der Waals surface area contributed by atoms with Gasteiger partial charge in [0.15, 0.2) is 11.5 Å². The highest BCUT2D eigenvalue weighted by molar-refractivity contribution is 5.83. The first-order chi connectivity index (χ1) is 12.2. The maximum atomic E-state index is 13.3. The van der Waals surface area contributed by atoms with Crippen LogP contribution in [-0.2, 0) is 13.1 Å². The molecule has 3 aromatic rings. The summed E-state index contributed by atoms with van der Waals surface area (Å²) in [6, 6.07) is 8.59. The zero-order chi connectivity index (χ0) is 17.8. The molecule has 0 amide bonds. The molecule has 0 aliphatic rings. The van der Waals surface area contributed by atoms with Crippen molar-refractivity contribution in [3.63, 3.8) is 0 Å². The summed E-state index contributed by atoms with van der Waals surface area (Å²) >= 11 is 0. The Morgan fingerprint density at radius 2 is 1.68 bits per heavy atom. The maximum absolute atomic E-state index is 13.3.